The van der Waals surface area contributed by atoms with Gasteiger partial charge in [-0.15, -0.1) is 0 Å². The predicted molar refractivity (Wildman–Crippen MR) is 50.9 cm³/mol. The summed E-state index contributed by atoms with van der Waals surface area (Å²) in [6, 6.07) is 3.80. The molecule has 0 radical (unpaired) electrons. The Morgan fingerprint density at radius 2 is 1.73 bits per heavy atom. The summed E-state index contributed by atoms with van der Waals surface area (Å²) in [5.74, 6) is 0. The van der Waals surface area contributed by atoms with Crippen LogP contribution in [0.1, 0.15) is 0 Å². The molecule has 0 spiro atoms. The van der Waals surface area contributed by atoms with E-state index in [2.05, 4.69) is 9.88 Å². The molecule has 2 nitrogen and oxygen atoms in total. The molecule has 0 aromatic heterocycles. The molecule has 0 amide bonds. The molecule has 1 aliphatic heterocycles. The summed E-state index contributed by atoms with van der Waals surface area (Å²) in [5.41, 5.74) is 0.302. The molecule has 0 N–H and O–H groups in total. The first-order valence-corrected chi connectivity index (χ1v) is 17.3. The number of allylic oxidation sites excluding steroid dienone is 1. The minimum absolute atomic E-state index is 0.302. The topological polar surface area (TPSA) is 47.6 Å². The number of rotatable bonds is 0. The quantitative estimate of drug-likeness (QED) is 0.507. The Labute approximate surface area is 75.4 Å². The van der Waals surface area contributed by atoms with Crippen molar-refractivity contribution in [2.75, 3.05) is 0 Å². The summed E-state index contributed by atoms with van der Waals surface area (Å²) in [7, 11) is 3.59. The van der Waals surface area contributed by atoms with Gasteiger partial charge in [0.25, 0.3) is 0 Å². The van der Waals surface area contributed by atoms with Gasteiger partial charge in [0.2, 0.25) is 0 Å². The van der Waals surface area contributed by atoms with Gasteiger partial charge in [0, 0.05) is 0 Å². The minimum atomic E-state index is -1.79. The summed E-state index contributed by atoms with van der Waals surface area (Å²) >= 11 is -1.79. The Hall–Kier alpha value is 0.219. The second kappa shape index (κ2) is 3.30. The van der Waals surface area contributed by atoms with Crippen molar-refractivity contribution in [1.82, 2.24) is 0 Å². The van der Waals surface area contributed by atoms with E-state index in [-0.39, 0.29) is 0 Å². The van der Waals surface area contributed by atoms with Gasteiger partial charge in [0.15, 0.2) is 0 Å². The molecule has 11 heavy (non-hydrogen) atoms. The third-order valence-electron chi connectivity index (χ3n) is 1.10. The summed E-state index contributed by atoms with van der Waals surface area (Å²) in [6.07, 6.45) is 0. The van der Waals surface area contributed by atoms with E-state index < -0.39 is 15.6 Å². The van der Waals surface area contributed by atoms with Gasteiger partial charge in [-0.05, 0) is 0 Å². The van der Waals surface area contributed by atoms with Crippen LogP contribution in [-0.4, -0.2) is 15.6 Å². The van der Waals surface area contributed by atoms with E-state index in [1.165, 1.54) is 0 Å². The van der Waals surface area contributed by atoms with Gasteiger partial charge in [0.05, 0.1) is 0 Å². The van der Waals surface area contributed by atoms with E-state index >= 15 is 0 Å². The SMILES string of the molecule is [CH3][Sn]1([CH3])[S]C(=C(C#N)C#N)[S]1. The summed E-state index contributed by atoms with van der Waals surface area (Å²) in [4.78, 5) is 4.56. The molecular weight excluding hydrogens is 283 g/mol. The molecule has 1 saturated heterocycles. The van der Waals surface area contributed by atoms with Gasteiger partial charge in [0.1, 0.15) is 0 Å². The van der Waals surface area contributed by atoms with Crippen LogP contribution >= 0.6 is 17.9 Å². The van der Waals surface area contributed by atoms with Gasteiger partial charge in [-0.2, -0.15) is 0 Å². The molecule has 1 fully saturated rings. The molecule has 0 aromatic carbocycles. The van der Waals surface area contributed by atoms with Crippen molar-refractivity contribution in [2.45, 2.75) is 9.88 Å². The summed E-state index contributed by atoms with van der Waals surface area (Å²) in [5, 5.41) is 17.0. The number of hydrogen-bond donors (Lipinski definition) is 0. The molecule has 56 valence electrons. The number of nitriles is 2. The third-order valence-corrected chi connectivity index (χ3v) is 21.2. The number of nitrogens with zero attached hydrogens (tertiary/aromatic N) is 2. The van der Waals surface area contributed by atoms with Crippen LogP contribution in [0.15, 0.2) is 9.81 Å². The summed E-state index contributed by atoms with van der Waals surface area (Å²) < 4.78 is 0.954. The van der Waals surface area contributed by atoms with Crippen LogP contribution in [0, 0.1) is 22.7 Å². The Kier molecular flexibility index (Phi) is 2.79. The maximum absolute atomic E-state index is 8.50. The Morgan fingerprint density at radius 3 is 2.00 bits per heavy atom. The van der Waals surface area contributed by atoms with E-state index in [0.29, 0.717) is 5.57 Å². The standard InChI is InChI=1S/C4H2N2S2.2CH3.Sn/c5-1-3(2-6)4(7)8;;;/h7-8H;2*1H3;/q;;;+2/p-2. The van der Waals surface area contributed by atoms with E-state index in [9.17, 15) is 0 Å². The fourth-order valence-corrected chi connectivity index (χ4v) is 21.6. The van der Waals surface area contributed by atoms with Crippen molar-refractivity contribution in [2.24, 2.45) is 0 Å². The van der Waals surface area contributed by atoms with Gasteiger partial charge in [-0.25, -0.2) is 0 Å². The Morgan fingerprint density at radius 1 is 1.27 bits per heavy atom. The first kappa shape index (κ1) is 9.31. The second-order valence-electron chi connectivity index (χ2n) is 2.49. The van der Waals surface area contributed by atoms with Crippen LogP contribution < -0.4 is 0 Å². The van der Waals surface area contributed by atoms with Gasteiger partial charge in [-0.1, -0.05) is 0 Å². The van der Waals surface area contributed by atoms with Crippen molar-refractivity contribution < 1.29 is 0 Å². The van der Waals surface area contributed by atoms with Crippen molar-refractivity contribution >= 4 is 33.5 Å². The summed E-state index contributed by atoms with van der Waals surface area (Å²) in [6.45, 7) is 0. The van der Waals surface area contributed by atoms with Gasteiger partial charge in [-0.3, -0.25) is 0 Å². The van der Waals surface area contributed by atoms with Crippen molar-refractivity contribution in [3.05, 3.63) is 9.81 Å². The predicted octanol–water partition coefficient (Wildman–Crippen LogP) is 2.43. The fraction of sp³-hybridized carbons (Fsp3) is 0.333. The molecule has 0 bridgehead atoms. The monoisotopic (exact) mass is 290 g/mol. The molecule has 1 rings (SSSR count). The molecule has 0 unspecified atom stereocenters. The zero-order valence-electron chi connectivity index (χ0n) is 6.21. The zero-order valence-corrected chi connectivity index (χ0v) is 10.7. The first-order valence-electron chi connectivity index (χ1n) is 3.01. The molecular formula is C6H6N2S2Sn. The van der Waals surface area contributed by atoms with Crippen LogP contribution in [0.5, 0.6) is 0 Å². The first-order chi connectivity index (χ1) is 5.09. The van der Waals surface area contributed by atoms with Crippen molar-refractivity contribution in [3.63, 3.8) is 0 Å². The molecule has 0 atom stereocenters. The van der Waals surface area contributed by atoms with Crippen LogP contribution in [0.3, 0.4) is 0 Å². The molecule has 0 saturated carbocycles. The van der Waals surface area contributed by atoms with Crippen LogP contribution in [0.25, 0.3) is 0 Å². The molecule has 0 aliphatic carbocycles. The van der Waals surface area contributed by atoms with Crippen molar-refractivity contribution in [1.29, 1.82) is 10.5 Å². The maximum atomic E-state index is 8.50. The normalized spacial score (nSPS) is 19.5. The van der Waals surface area contributed by atoms with E-state index in [0.717, 1.165) is 4.24 Å². The van der Waals surface area contributed by atoms with E-state index in [4.69, 9.17) is 10.5 Å². The third kappa shape index (κ3) is 2.08. The van der Waals surface area contributed by atoms with Crippen LogP contribution in [0.4, 0.5) is 0 Å². The van der Waals surface area contributed by atoms with Gasteiger partial charge >= 0.3 is 75.9 Å². The molecule has 5 heteroatoms. The van der Waals surface area contributed by atoms with Crippen LogP contribution in [-0.2, 0) is 0 Å². The Balaban J connectivity index is 2.77. The molecule has 1 aliphatic rings. The van der Waals surface area contributed by atoms with Crippen LogP contribution in [0.2, 0.25) is 9.88 Å². The van der Waals surface area contributed by atoms with Crippen molar-refractivity contribution in [3.8, 4) is 12.1 Å². The molecule has 0 aromatic rings. The molecule has 1 heterocycles. The average molecular weight is 289 g/mol. The fourth-order valence-electron chi connectivity index (χ4n) is 0.672. The van der Waals surface area contributed by atoms with Gasteiger partial charge < -0.3 is 0 Å². The second-order valence-corrected chi connectivity index (χ2v) is 30.9. The van der Waals surface area contributed by atoms with E-state index in [1.54, 1.807) is 17.9 Å². The van der Waals surface area contributed by atoms with E-state index in [1.807, 2.05) is 12.1 Å². The average Bonchev–Trinajstić information content (AvgIpc) is 1.86. The Bertz CT molecular complexity index is 269. The number of hydrogen-bond acceptors (Lipinski definition) is 4. The zero-order chi connectivity index (χ0) is 8.48.